The van der Waals surface area contributed by atoms with E-state index in [9.17, 15) is 8.42 Å². The fourth-order valence-corrected chi connectivity index (χ4v) is 3.23. The van der Waals surface area contributed by atoms with E-state index in [1.807, 2.05) is 27.7 Å². The third kappa shape index (κ3) is 4.80. The van der Waals surface area contributed by atoms with Crippen molar-refractivity contribution in [2.75, 3.05) is 26.2 Å². The van der Waals surface area contributed by atoms with Gasteiger partial charge in [-0.25, -0.2) is 12.7 Å². The zero-order valence-electron chi connectivity index (χ0n) is 11.2. The zero-order valence-corrected chi connectivity index (χ0v) is 12.0. The van der Waals surface area contributed by atoms with Gasteiger partial charge in [-0.05, 0) is 19.4 Å². The molecule has 0 amide bonds. The van der Waals surface area contributed by atoms with Crippen LogP contribution >= 0.6 is 0 Å². The second-order valence-electron chi connectivity index (χ2n) is 4.51. The summed E-state index contributed by atoms with van der Waals surface area (Å²) in [5, 5.41) is 2.73. The lowest BCUT2D eigenvalue weighted by Crippen LogP contribution is -2.43. The van der Waals surface area contributed by atoms with Crippen LogP contribution in [0.15, 0.2) is 0 Å². The molecule has 0 aromatic heterocycles. The van der Waals surface area contributed by atoms with Gasteiger partial charge in [0.1, 0.15) is 0 Å². The number of nitrogens with zero attached hydrogens (tertiary/aromatic N) is 1. The molecule has 0 fully saturated rings. The molecule has 16 heavy (non-hydrogen) atoms. The molecule has 0 saturated heterocycles. The predicted octanol–water partition coefficient (Wildman–Crippen LogP) is 1.29. The standard InChI is InChI=1S/C11H26N2O2S/c1-6-12-8-11(5)16(14,15)13(7-2)9-10(3)4/h10-12H,6-9H2,1-5H3. The lowest BCUT2D eigenvalue weighted by Gasteiger charge is -2.26. The summed E-state index contributed by atoms with van der Waals surface area (Å²) in [5.41, 5.74) is 0. The molecule has 0 heterocycles. The minimum absolute atomic E-state index is 0.355. The van der Waals surface area contributed by atoms with Crippen molar-refractivity contribution in [1.82, 2.24) is 9.62 Å². The maximum Gasteiger partial charge on any atom is 0.217 e. The lowest BCUT2D eigenvalue weighted by atomic mass is 10.2. The van der Waals surface area contributed by atoms with Crippen molar-refractivity contribution in [1.29, 1.82) is 0 Å². The maximum atomic E-state index is 12.2. The first-order valence-corrected chi connectivity index (χ1v) is 7.56. The van der Waals surface area contributed by atoms with Gasteiger partial charge in [0.2, 0.25) is 10.0 Å². The number of sulfonamides is 1. The van der Waals surface area contributed by atoms with Crippen LogP contribution < -0.4 is 5.32 Å². The third-order valence-electron chi connectivity index (χ3n) is 2.47. The average molecular weight is 250 g/mol. The molecule has 0 aliphatic carbocycles. The van der Waals surface area contributed by atoms with Gasteiger partial charge >= 0.3 is 0 Å². The van der Waals surface area contributed by atoms with Crippen molar-refractivity contribution in [3.63, 3.8) is 0 Å². The van der Waals surface area contributed by atoms with E-state index in [1.54, 1.807) is 11.2 Å². The van der Waals surface area contributed by atoms with Crippen molar-refractivity contribution in [2.24, 2.45) is 5.92 Å². The molecule has 0 bridgehead atoms. The summed E-state index contributed by atoms with van der Waals surface area (Å²) in [6, 6.07) is 0. The second-order valence-corrected chi connectivity index (χ2v) is 6.86. The normalized spacial score (nSPS) is 14.7. The van der Waals surface area contributed by atoms with Gasteiger partial charge in [0.15, 0.2) is 0 Å². The van der Waals surface area contributed by atoms with Crippen LogP contribution in [0.5, 0.6) is 0 Å². The maximum absolute atomic E-state index is 12.2. The van der Waals surface area contributed by atoms with Gasteiger partial charge in [-0.1, -0.05) is 27.7 Å². The first kappa shape index (κ1) is 15.9. The first-order valence-electron chi connectivity index (χ1n) is 6.05. The molecule has 0 aliphatic rings. The highest BCUT2D eigenvalue weighted by atomic mass is 32.2. The van der Waals surface area contributed by atoms with Crippen LogP contribution in [0.4, 0.5) is 0 Å². The van der Waals surface area contributed by atoms with Gasteiger partial charge in [0.05, 0.1) is 5.25 Å². The van der Waals surface area contributed by atoms with E-state index in [0.29, 0.717) is 25.6 Å². The van der Waals surface area contributed by atoms with Crippen LogP contribution in [0.3, 0.4) is 0 Å². The van der Waals surface area contributed by atoms with Crippen LogP contribution in [0.1, 0.15) is 34.6 Å². The Labute approximate surface area is 100 Å². The Morgan fingerprint density at radius 2 is 1.75 bits per heavy atom. The molecule has 4 nitrogen and oxygen atoms in total. The third-order valence-corrected chi connectivity index (χ3v) is 4.78. The molecule has 1 unspecified atom stereocenters. The Morgan fingerprint density at radius 3 is 2.12 bits per heavy atom. The molecule has 5 heteroatoms. The highest BCUT2D eigenvalue weighted by Crippen LogP contribution is 2.11. The van der Waals surface area contributed by atoms with Crippen LogP contribution in [-0.4, -0.2) is 44.2 Å². The highest BCUT2D eigenvalue weighted by Gasteiger charge is 2.27. The van der Waals surface area contributed by atoms with Crippen LogP contribution in [0.25, 0.3) is 0 Å². The lowest BCUT2D eigenvalue weighted by molar-refractivity contribution is 0.375. The van der Waals surface area contributed by atoms with Crippen LogP contribution in [0.2, 0.25) is 0 Å². The van der Waals surface area contributed by atoms with Crippen molar-refractivity contribution >= 4 is 10.0 Å². The fourth-order valence-electron chi connectivity index (χ4n) is 1.53. The number of nitrogens with one attached hydrogen (secondary N) is 1. The van der Waals surface area contributed by atoms with E-state index < -0.39 is 10.0 Å². The molecule has 0 rings (SSSR count). The monoisotopic (exact) mass is 250 g/mol. The van der Waals surface area contributed by atoms with Gasteiger partial charge in [-0.2, -0.15) is 0 Å². The smallest absolute Gasteiger partial charge is 0.217 e. The van der Waals surface area contributed by atoms with E-state index in [0.717, 1.165) is 6.54 Å². The number of rotatable bonds is 8. The van der Waals surface area contributed by atoms with Crippen molar-refractivity contribution in [3.05, 3.63) is 0 Å². The van der Waals surface area contributed by atoms with E-state index >= 15 is 0 Å². The summed E-state index contributed by atoms with van der Waals surface area (Å²) >= 11 is 0. The number of hydrogen-bond donors (Lipinski definition) is 1. The fraction of sp³-hybridized carbons (Fsp3) is 1.00. The summed E-state index contributed by atoms with van der Waals surface area (Å²) in [4.78, 5) is 0. The van der Waals surface area contributed by atoms with E-state index in [1.165, 1.54) is 0 Å². The molecule has 0 saturated carbocycles. The minimum atomic E-state index is -3.15. The Bertz CT molecular complexity index is 276. The summed E-state index contributed by atoms with van der Waals surface area (Å²) in [5.74, 6) is 0.362. The van der Waals surface area contributed by atoms with E-state index in [-0.39, 0.29) is 5.25 Å². The molecular weight excluding hydrogens is 224 g/mol. The summed E-state index contributed by atoms with van der Waals surface area (Å²) < 4.78 is 26.0. The topological polar surface area (TPSA) is 49.4 Å². The Balaban J connectivity index is 4.59. The van der Waals surface area contributed by atoms with Crippen molar-refractivity contribution < 1.29 is 8.42 Å². The largest absolute Gasteiger partial charge is 0.316 e. The zero-order chi connectivity index (χ0) is 12.8. The Kier molecular flexibility index (Phi) is 7.19. The van der Waals surface area contributed by atoms with Crippen LogP contribution in [-0.2, 0) is 10.0 Å². The molecule has 0 aromatic carbocycles. The number of hydrogen-bond acceptors (Lipinski definition) is 3. The second kappa shape index (κ2) is 7.25. The van der Waals surface area contributed by atoms with E-state index in [4.69, 9.17) is 0 Å². The molecule has 0 aromatic rings. The van der Waals surface area contributed by atoms with Crippen molar-refractivity contribution in [3.8, 4) is 0 Å². The quantitative estimate of drug-likeness (QED) is 0.706. The average Bonchev–Trinajstić information content (AvgIpc) is 2.21. The molecule has 1 atom stereocenters. The molecule has 1 N–H and O–H groups in total. The molecule has 0 aliphatic heterocycles. The minimum Gasteiger partial charge on any atom is -0.316 e. The summed E-state index contributed by atoms with van der Waals surface area (Å²) in [7, 11) is -3.15. The summed E-state index contributed by atoms with van der Waals surface area (Å²) in [6.45, 7) is 12.2. The molecular formula is C11H26N2O2S. The van der Waals surface area contributed by atoms with Gasteiger partial charge in [0, 0.05) is 19.6 Å². The Hall–Kier alpha value is -0.130. The molecule has 0 radical (unpaired) electrons. The SMILES string of the molecule is CCNCC(C)S(=O)(=O)N(CC)CC(C)C. The van der Waals surface area contributed by atoms with Crippen LogP contribution in [0, 0.1) is 5.92 Å². The highest BCUT2D eigenvalue weighted by molar-refractivity contribution is 7.89. The van der Waals surface area contributed by atoms with Gasteiger partial charge in [-0.15, -0.1) is 0 Å². The molecule has 0 spiro atoms. The van der Waals surface area contributed by atoms with Gasteiger partial charge in [-0.3, -0.25) is 0 Å². The van der Waals surface area contributed by atoms with Gasteiger partial charge < -0.3 is 5.32 Å². The summed E-state index contributed by atoms with van der Waals surface area (Å²) in [6.07, 6.45) is 0. The predicted molar refractivity (Wildman–Crippen MR) is 69.0 cm³/mol. The van der Waals surface area contributed by atoms with Gasteiger partial charge in [0.25, 0.3) is 0 Å². The van der Waals surface area contributed by atoms with E-state index in [2.05, 4.69) is 5.32 Å². The first-order chi connectivity index (χ1) is 7.36. The Morgan fingerprint density at radius 1 is 1.19 bits per heavy atom. The molecule has 98 valence electrons. The van der Waals surface area contributed by atoms with Crippen molar-refractivity contribution in [2.45, 2.75) is 39.9 Å².